The van der Waals surface area contributed by atoms with E-state index in [2.05, 4.69) is 0 Å². The molecule has 4 heteroatoms. The standard InChI is InChI=1S/C10H15NO2S/c1-3-8-5-6-10(14(11,12)13)7-9(8)4-2/h5-7H,3-4H2,1-2H3,(H2,11,12,13). The van der Waals surface area contributed by atoms with Crippen LogP contribution >= 0.6 is 0 Å². The molecule has 0 spiro atoms. The molecule has 0 bridgehead atoms. The van der Waals surface area contributed by atoms with Gasteiger partial charge in [0.2, 0.25) is 10.0 Å². The Morgan fingerprint density at radius 1 is 1.14 bits per heavy atom. The van der Waals surface area contributed by atoms with Gasteiger partial charge in [-0.25, -0.2) is 13.6 Å². The first-order valence-corrected chi connectivity index (χ1v) is 6.18. The maximum Gasteiger partial charge on any atom is 0.238 e. The predicted molar refractivity (Wildman–Crippen MR) is 56.6 cm³/mol. The normalized spacial score (nSPS) is 11.6. The Hall–Kier alpha value is -0.870. The molecule has 0 aliphatic carbocycles. The quantitative estimate of drug-likeness (QED) is 0.826. The van der Waals surface area contributed by atoms with Crippen molar-refractivity contribution in [1.29, 1.82) is 0 Å². The maximum atomic E-state index is 11.1. The number of sulfonamides is 1. The number of aryl methyl sites for hydroxylation is 2. The van der Waals surface area contributed by atoms with Crippen LogP contribution in [0.4, 0.5) is 0 Å². The van der Waals surface area contributed by atoms with Gasteiger partial charge in [0.15, 0.2) is 0 Å². The van der Waals surface area contributed by atoms with Crippen LogP contribution in [0.25, 0.3) is 0 Å². The largest absolute Gasteiger partial charge is 0.238 e. The Bertz CT molecular complexity index is 424. The van der Waals surface area contributed by atoms with Crippen LogP contribution in [0.3, 0.4) is 0 Å². The van der Waals surface area contributed by atoms with Crippen LogP contribution in [0, 0.1) is 0 Å². The lowest BCUT2D eigenvalue weighted by Crippen LogP contribution is -2.12. The van der Waals surface area contributed by atoms with Gasteiger partial charge >= 0.3 is 0 Å². The summed E-state index contributed by atoms with van der Waals surface area (Å²) in [4.78, 5) is 0.201. The molecule has 78 valence electrons. The van der Waals surface area contributed by atoms with Gasteiger partial charge in [0, 0.05) is 0 Å². The Labute approximate surface area is 85.0 Å². The van der Waals surface area contributed by atoms with E-state index in [-0.39, 0.29) is 4.90 Å². The van der Waals surface area contributed by atoms with Gasteiger partial charge in [-0.05, 0) is 36.1 Å². The Kier molecular flexibility index (Phi) is 3.29. The molecule has 0 fully saturated rings. The third-order valence-corrected chi connectivity index (χ3v) is 3.18. The lowest BCUT2D eigenvalue weighted by molar-refractivity contribution is 0.597. The van der Waals surface area contributed by atoms with Gasteiger partial charge in [-0.15, -0.1) is 0 Å². The molecule has 0 heterocycles. The van der Waals surface area contributed by atoms with Crippen LogP contribution < -0.4 is 5.14 Å². The molecule has 14 heavy (non-hydrogen) atoms. The molecule has 0 saturated heterocycles. The number of primary sulfonamides is 1. The number of benzene rings is 1. The molecule has 2 N–H and O–H groups in total. The second kappa shape index (κ2) is 4.11. The zero-order valence-electron chi connectivity index (χ0n) is 8.45. The van der Waals surface area contributed by atoms with E-state index < -0.39 is 10.0 Å². The number of hydrogen-bond acceptors (Lipinski definition) is 2. The summed E-state index contributed by atoms with van der Waals surface area (Å²) in [6, 6.07) is 5.06. The van der Waals surface area contributed by atoms with E-state index in [0.29, 0.717) is 0 Å². The van der Waals surface area contributed by atoms with Gasteiger partial charge in [-0.1, -0.05) is 19.9 Å². The molecule has 1 rings (SSSR count). The second-order valence-electron chi connectivity index (χ2n) is 3.18. The topological polar surface area (TPSA) is 60.2 Å². The lowest BCUT2D eigenvalue weighted by atomic mass is 10.0. The van der Waals surface area contributed by atoms with Crippen molar-refractivity contribution in [3.63, 3.8) is 0 Å². The molecule has 1 aromatic carbocycles. The lowest BCUT2D eigenvalue weighted by Gasteiger charge is -2.07. The zero-order chi connectivity index (χ0) is 10.8. The van der Waals surface area contributed by atoms with Crippen LogP contribution in [0.15, 0.2) is 23.1 Å². The summed E-state index contributed by atoms with van der Waals surface area (Å²) in [5.41, 5.74) is 2.24. The summed E-state index contributed by atoms with van der Waals surface area (Å²) < 4.78 is 22.2. The second-order valence-corrected chi connectivity index (χ2v) is 4.74. The monoisotopic (exact) mass is 213 g/mol. The van der Waals surface area contributed by atoms with Crippen LogP contribution in [0.1, 0.15) is 25.0 Å². The first-order chi connectivity index (χ1) is 6.49. The Morgan fingerprint density at radius 2 is 1.71 bits per heavy atom. The van der Waals surface area contributed by atoms with E-state index in [1.807, 2.05) is 19.9 Å². The fourth-order valence-electron chi connectivity index (χ4n) is 1.45. The summed E-state index contributed by atoms with van der Waals surface area (Å²) in [6.45, 7) is 4.05. The highest BCUT2D eigenvalue weighted by Crippen LogP contribution is 2.16. The van der Waals surface area contributed by atoms with Gasteiger partial charge in [-0.2, -0.15) is 0 Å². The molecular weight excluding hydrogens is 198 g/mol. The van der Waals surface area contributed by atoms with E-state index >= 15 is 0 Å². The minimum absolute atomic E-state index is 0.201. The highest BCUT2D eigenvalue weighted by atomic mass is 32.2. The summed E-state index contributed by atoms with van der Waals surface area (Å²) >= 11 is 0. The van der Waals surface area contributed by atoms with Crippen molar-refractivity contribution in [2.45, 2.75) is 31.6 Å². The van der Waals surface area contributed by atoms with E-state index in [9.17, 15) is 8.42 Å². The predicted octanol–water partition coefficient (Wildman–Crippen LogP) is 1.46. The third-order valence-electron chi connectivity index (χ3n) is 2.27. The van der Waals surface area contributed by atoms with Gasteiger partial charge in [0.1, 0.15) is 0 Å². The number of nitrogens with two attached hydrogens (primary N) is 1. The number of rotatable bonds is 3. The van der Waals surface area contributed by atoms with Crippen molar-refractivity contribution in [1.82, 2.24) is 0 Å². The maximum absolute atomic E-state index is 11.1. The summed E-state index contributed by atoms with van der Waals surface area (Å²) in [6.07, 6.45) is 1.74. The molecule has 1 aromatic rings. The van der Waals surface area contributed by atoms with Crippen molar-refractivity contribution in [3.8, 4) is 0 Å². The average Bonchev–Trinajstić information content (AvgIpc) is 2.15. The average molecular weight is 213 g/mol. The molecule has 0 saturated carbocycles. The van der Waals surface area contributed by atoms with Crippen LogP contribution in [0.2, 0.25) is 0 Å². The van der Waals surface area contributed by atoms with Crippen molar-refractivity contribution in [2.24, 2.45) is 5.14 Å². The summed E-state index contributed by atoms with van der Waals surface area (Å²) in [7, 11) is -3.56. The first-order valence-electron chi connectivity index (χ1n) is 4.63. The van der Waals surface area contributed by atoms with E-state index in [1.165, 1.54) is 5.56 Å². The van der Waals surface area contributed by atoms with Gasteiger partial charge in [-0.3, -0.25) is 0 Å². The smallest absolute Gasteiger partial charge is 0.225 e. The van der Waals surface area contributed by atoms with Crippen molar-refractivity contribution < 1.29 is 8.42 Å². The Balaban J connectivity index is 3.28. The highest BCUT2D eigenvalue weighted by Gasteiger charge is 2.09. The molecule has 0 aliphatic heterocycles. The van der Waals surface area contributed by atoms with E-state index in [0.717, 1.165) is 18.4 Å². The summed E-state index contributed by atoms with van der Waals surface area (Å²) in [5.74, 6) is 0. The van der Waals surface area contributed by atoms with Crippen LogP contribution in [0.5, 0.6) is 0 Å². The molecule has 3 nitrogen and oxygen atoms in total. The minimum Gasteiger partial charge on any atom is -0.225 e. The molecule has 0 atom stereocenters. The fraction of sp³-hybridized carbons (Fsp3) is 0.400. The molecule has 0 aromatic heterocycles. The molecule has 0 aliphatic rings. The minimum atomic E-state index is -3.56. The van der Waals surface area contributed by atoms with Crippen LogP contribution in [-0.2, 0) is 22.9 Å². The van der Waals surface area contributed by atoms with Crippen molar-refractivity contribution in [2.75, 3.05) is 0 Å². The molecule has 0 radical (unpaired) electrons. The molecule has 0 amide bonds. The Morgan fingerprint density at radius 3 is 2.14 bits per heavy atom. The zero-order valence-corrected chi connectivity index (χ0v) is 9.26. The van der Waals surface area contributed by atoms with E-state index in [4.69, 9.17) is 5.14 Å². The van der Waals surface area contributed by atoms with Crippen LogP contribution in [-0.4, -0.2) is 8.42 Å². The van der Waals surface area contributed by atoms with Gasteiger partial charge in [0.25, 0.3) is 0 Å². The molecular formula is C10H15NO2S. The summed E-state index contributed by atoms with van der Waals surface area (Å²) in [5, 5.41) is 5.04. The van der Waals surface area contributed by atoms with Gasteiger partial charge in [0.05, 0.1) is 4.90 Å². The fourth-order valence-corrected chi connectivity index (χ4v) is 2.02. The highest BCUT2D eigenvalue weighted by molar-refractivity contribution is 7.89. The van der Waals surface area contributed by atoms with Crippen molar-refractivity contribution in [3.05, 3.63) is 29.3 Å². The first kappa shape index (κ1) is 11.2. The SMILES string of the molecule is CCc1ccc(S(N)(=O)=O)cc1CC. The third kappa shape index (κ3) is 2.33. The van der Waals surface area contributed by atoms with Crippen molar-refractivity contribution >= 4 is 10.0 Å². The number of hydrogen-bond donors (Lipinski definition) is 1. The molecule has 0 unspecified atom stereocenters. The van der Waals surface area contributed by atoms with E-state index in [1.54, 1.807) is 12.1 Å². The van der Waals surface area contributed by atoms with Gasteiger partial charge < -0.3 is 0 Å².